The molecule has 0 saturated carbocycles. The summed E-state index contributed by atoms with van der Waals surface area (Å²) in [4.78, 5) is 25.8. The number of hydrogen-bond donors (Lipinski definition) is 2. The van der Waals surface area contributed by atoms with Crippen molar-refractivity contribution in [1.29, 1.82) is 0 Å². The molecule has 0 aliphatic carbocycles. The molecule has 6 heteroatoms. The molecule has 0 bridgehead atoms. The van der Waals surface area contributed by atoms with E-state index in [9.17, 15) is 14.0 Å². The molecule has 5 nitrogen and oxygen atoms in total. The van der Waals surface area contributed by atoms with Gasteiger partial charge in [-0.3, -0.25) is 14.5 Å². The number of nitrogens with one attached hydrogen (secondary N) is 2. The highest BCUT2D eigenvalue weighted by Crippen LogP contribution is 2.07. The molecule has 132 valence electrons. The molecule has 2 aromatic rings. The molecule has 2 rings (SSSR count). The molecule has 0 unspecified atom stereocenters. The van der Waals surface area contributed by atoms with Crippen molar-refractivity contribution in [3.8, 4) is 0 Å². The fraction of sp³-hybridized carbons (Fsp3) is 0.263. The monoisotopic (exact) mass is 343 g/mol. The van der Waals surface area contributed by atoms with Crippen LogP contribution >= 0.6 is 0 Å². The van der Waals surface area contributed by atoms with Gasteiger partial charge < -0.3 is 10.6 Å². The van der Waals surface area contributed by atoms with E-state index in [1.165, 1.54) is 24.3 Å². The van der Waals surface area contributed by atoms with Crippen LogP contribution in [0.1, 0.15) is 12.5 Å². The zero-order valence-electron chi connectivity index (χ0n) is 14.2. The fourth-order valence-corrected chi connectivity index (χ4v) is 2.30. The van der Waals surface area contributed by atoms with E-state index in [0.29, 0.717) is 12.2 Å². The number of amides is 2. The third kappa shape index (κ3) is 6.73. The Bertz CT molecular complexity index is 690. The summed E-state index contributed by atoms with van der Waals surface area (Å²) in [6.45, 7) is 3.47. The third-order valence-electron chi connectivity index (χ3n) is 3.64. The predicted molar refractivity (Wildman–Crippen MR) is 95.4 cm³/mol. The molecule has 2 aromatic carbocycles. The number of carbonyl (C=O) groups excluding carboxylic acids is 2. The average molecular weight is 343 g/mol. The lowest BCUT2D eigenvalue weighted by molar-refractivity contribution is -0.125. The second-order valence-electron chi connectivity index (χ2n) is 5.62. The summed E-state index contributed by atoms with van der Waals surface area (Å²) < 4.78 is 12.8. The van der Waals surface area contributed by atoms with Crippen molar-refractivity contribution < 1.29 is 14.0 Å². The van der Waals surface area contributed by atoms with Gasteiger partial charge in [-0.15, -0.1) is 0 Å². The largest absolute Gasteiger partial charge is 0.346 e. The number of rotatable bonds is 8. The molecule has 0 fully saturated rings. The van der Waals surface area contributed by atoms with Gasteiger partial charge in [0.05, 0.1) is 13.1 Å². The zero-order chi connectivity index (χ0) is 18.1. The smallest absolute Gasteiger partial charge is 0.243 e. The Morgan fingerprint density at radius 1 is 1.00 bits per heavy atom. The normalized spacial score (nSPS) is 10.5. The van der Waals surface area contributed by atoms with E-state index < -0.39 is 0 Å². The highest BCUT2D eigenvalue weighted by atomic mass is 19.1. The number of carbonyl (C=O) groups is 2. The van der Waals surface area contributed by atoms with Crippen LogP contribution in [0, 0.1) is 5.82 Å². The van der Waals surface area contributed by atoms with Crippen LogP contribution in [0.4, 0.5) is 10.1 Å². The molecule has 0 atom stereocenters. The van der Waals surface area contributed by atoms with Gasteiger partial charge >= 0.3 is 0 Å². The Hall–Kier alpha value is -2.73. The van der Waals surface area contributed by atoms with E-state index in [4.69, 9.17) is 0 Å². The molecule has 25 heavy (non-hydrogen) atoms. The zero-order valence-corrected chi connectivity index (χ0v) is 14.2. The minimum atomic E-state index is -0.371. The highest BCUT2D eigenvalue weighted by Gasteiger charge is 2.11. The molecular weight excluding hydrogens is 321 g/mol. The fourth-order valence-electron chi connectivity index (χ4n) is 2.30. The van der Waals surface area contributed by atoms with Crippen LogP contribution in [0.15, 0.2) is 54.6 Å². The second kappa shape index (κ2) is 9.54. The van der Waals surface area contributed by atoms with Crippen molar-refractivity contribution in [3.63, 3.8) is 0 Å². The molecular formula is C19H22FN3O2. The number of anilines is 1. The van der Waals surface area contributed by atoms with Gasteiger partial charge in [-0.25, -0.2) is 4.39 Å². The maximum Gasteiger partial charge on any atom is 0.243 e. The van der Waals surface area contributed by atoms with Crippen LogP contribution in [0.5, 0.6) is 0 Å². The molecule has 0 aromatic heterocycles. The van der Waals surface area contributed by atoms with Gasteiger partial charge in [-0.2, -0.15) is 0 Å². The summed E-state index contributed by atoms with van der Waals surface area (Å²) in [6, 6.07) is 15.3. The van der Waals surface area contributed by atoms with Crippen LogP contribution < -0.4 is 10.6 Å². The molecule has 2 amide bonds. The molecule has 0 saturated heterocycles. The van der Waals surface area contributed by atoms with Crippen molar-refractivity contribution >= 4 is 17.5 Å². The quantitative estimate of drug-likeness (QED) is 0.774. The SMILES string of the molecule is CCN(CC(=O)NCC(=O)Nc1ccc(F)cc1)Cc1ccccc1. The summed E-state index contributed by atoms with van der Waals surface area (Å²) in [7, 11) is 0. The summed E-state index contributed by atoms with van der Waals surface area (Å²) in [6.07, 6.45) is 0. The molecule has 2 N–H and O–H groups in total. The molecule has 0 aliphatic rings. The summed E-state index contributed by atoms with van der Waals surface area (Å²) in [5, 5.41) is 5.20. The Labute approximate surface area is 146 Å². The first-order valence-electron chi connectivity index (χ1n) is 8.15. The van der Waals surface area contributed by atoms with E-state index >= 15 is 0 Å². The van der Waals surface area contributed by atoms with E-state index in [1.54, 1.807) is 0 Å². The maximum absolute atomic E-state index is 12.8. The molecule has 0 radical (unpaired) electrons. The van der Waals surface area contributed by atoms with Gasteiger partial charge in [0.1, 0.15) is 5.82 Å². The average Bonchev–Trinajstić information content (AvgIpc) is 2.62. The van der Waals surface area contributed by atoms with Crippen LogP contribution in [0.25, 0.3) is 0 Å². The minimum absolute atomic E-state index is 0.126. The van der Waals surface area contributed by atoms with Gasteiger partial charge in [-0.05, 0) is 36.4 Å². The Morgan fingerprint density at radius 2 is 1.68 bits per heavy atom. The van der Waals surface area contributed by atoms with E-state index in [2.05, 4.69) is 10.6 Å². The first-order valence-corrected chi connectivity index (χ1v) is 8.15. The Balaban J connectivity index is 1.74. The number of nitrogens with zero attached hydrogens (tertiary/aromatic N) is 1. The second-order valence-corrected chi connectivity index (χ2v) is 5.62. The van der Waals surface area contributed by atoms with Crippen LogP contribution in [0.2, 0.25) is 0 Å². The first kappa shape index (κ1) is 18.6. The minimum Gasteiger partial charge on any atom is -0.346 e. The number of likely N-dealkylation sites (N-methyl/N-ethyl adjacent to an activating group) is 1. The van der Waals surface area contributed by atoms with Crippen LogP contribution in [0.3, 0.4) is 0 Å². The highest BCUT2D eigenvalue weighted by molar-refractivity contribution is 5.94. The standard InChI is InChI=1S/C19H22FN3O2/c1-2-23(13-15-6-4-3-5-7-15)14-19(25)21-12-18(24)22-17-10-8-16(20)9-11-17/h3-11H,2,12-14H2,1H3,(H,21,25)(H,22,24). The van der Waals surface area contributed by atoms with Gasteiger partial charge in [0.25, 0.3) is 0 Å². The van der Waals surface area contributed by atoms with Gasteiger partial charge in [-0.1, -0.05) is 37.3 Å². The van der Waals surface area contributed by atoms with Gasteiger partial charge in [0, 0.05) is 12.2 Å². The maximum atomic E-state index is 12.8. The van der Waals surface area contributed by atoms with Gasteiger partial charge in [0.15, 0.2) is 0 Å². The van der Waals surface area contributed by atoms with E-state index in [0.717, 1.165) is 12.1 Å². The van der Waals surface area contributed by atoms with Gasteiger partial charge in [0.2, 0.25) is 11.8 Å². The summed E-state index contributed by atoms with van der Waals surface area (Å²) in [5.41, 5.74) is 1.62. The van der Waals surface area contributed by atoms with Crippen molar-refractivity contribution in [2.75, 3.05) is 25.0 Å². The predicted octanol–water partition coefficient (Wildman–Crippen LogP) is 2.40. The third-order valence-corrected chi connectivity index (χ3v) is 3.64. The number of hydrogen-bond acceptors (Lipinski definition) is 3. The summed E-state index contributed by atoms with van der Waals surface area (Å²) >= 11 is 0. The number of halogens is 1. The van der Waals surface area contributed by atoms with E-state index in [1.807, 2.05) is 42.2 Å². The van der Waals surface area contributed by atoms with Crippen molar-refractivity contribution in [1.82, 2.24) is 10.2 Å². The lowest BCUT2D eigenvalue weighted by atomic mass is 10.2. The van der Waals surface area contributed by atoms with Crippen molar-refractivity contribution in [2.45, 2.75) is 13.5 Å². The van der Waals surface area contributed by atoms with Crippen LogP contribution in [-0.4, -0.2) is 36.3 Å². The lowest BCUT2D eigenvalue weighted by Gasteiger charge is -2.19. The van der Waals surface area contributed by atoms with Crippen LogP contribution in [-0.2, 0) is 16.1 Å². The topological polar surface area (TPSA) is 61.4 Å². The molecule has 0 spiro atoms. The van der Waals surface area contributed by atoms with Crippen molar-refractivity contribution in [2.24, 2.45) is 0 Å². The summed E-state index contributed by atoms with van der Waals surface area (Å²) in [5.74, 6) is -0.942. The number of benzene rings is 2. The first-order chi connectivity index (χ1) is 12.1. The van der Waals surface area contributed by atoms with Crippen molar-refractivity contribution in [3.05, 3.63) is 66.0 Å². The van der Waals surface area contributed by atoms with E-state index in [-0.39, 0.29) is 30.7 Å². The lowest BCUT2D eigenvalue weighted by Crippen LogP contribution is -2.40. The molecule has 0 heterocycles. The Morgan fingerprint density at radius 3 is 2.32 bits per heavy atom. The Kier molecular flexibility index (Phi) is 7.10. The molecule has 0 aliphatic heterocycles.